The molecule has 0 unspecified atom stereocenters. The number of amides is 5. The Bertz CT molecular complexity index is 3760. The molecule has 17 nitrogen and oxygen atoms in total. The number of nitrogens with two attached hydrogens (primary N) is 2. The second-order valence-electron chi connectivity index (χ2n) is 20.9. The highest BCUT2D eigenvalue weighted by atomic mass is 35.5. The molecule has 0 spiro atoms. The zero-order valence-electron chi connectivity index (χ0n) is 45.9. The molecule has 0 saturated carbocycles. The Balaban J connectivity index is 0.000000189. The van der Waals surface area contributed by atoms with Crippen LogP contribution in [0.5, 0.6) is 0 Å². The minimum Gasteiger partial charge on any atom is -0.478 e. The van der Waals surface area contributed by atoms with Crippen molar-refractivity contribution in [2.24, 2.45) is 0 Å². The number of nitrogens with one attached hydrogen (secondary N) is 2. The van der Waals surface area contributed by atoms with Gasteiger partial charge in [0.05, 0.1) is 16.7 Å². The summed E-state index contributed by atoms with van der Waals surface area (Å²) >= 11 is 12.6. The molecule has 5 amide bonds. The van der Waals surface area contributed by atoms with Crippen LogP contribution in [-0.2, 0) is 0 Å². The van der Waals surface area contributed by atoms with Crippen LogP contribution >= 0.6 is 23.2 Å². The van der Waals surface area contributed by atoms with Gasteiger partial charge in [0.2, 0.25) is 0 Å². The number of likely N-dealkylation sites (tertiary alicyclic amines) is 2. The van der Waals surface area contributed by atoms with Gasteiger partial charge in [-0.2, -0.15) is 0 Å². The number of piperazine rings is 1. The van der Waals surface area contributed by atoms with Crippen LogP contribution in [0.25, 0.3) is 44.5 Å². The van der Waals surface area contributed by atoms with Gasteiger partial charge in [-0.3, -0.25) is 24.0 Å². The molecular weight excluding hydrogens is 1100 g/mol. The number of nitrogen functional groups attached to an aromatic ring is 2. The molecule has 11 rings (SSSR count). The van der Waals surface area contributed by atoms with Gasteiger partial charge >= 0.3 is 5.97 Å². The van der Waals surface area contributed by atoms with Crippen molar-refractivity contribution >= 4 is 70.3 Å². The minimum atomic E-state index is -1.02. The molecule has 19 heteroatoms. The normalized spacial score (nSPS) is 15.9. The van der Waals surface area contributed by atoms with Crippen LogP contribution in [0.2, 0.25) is 10.0 Å². The van der Waals surface area contributed by atoms with Gasteiger partial charge < -0.3 is 46.8 Å². The van der Waals surface area contributed by atoms with E-state index in [-0.39, 0.29) is 69.9 Å². The molecule has 6 aromatic carbocycles. The number of rotatable bonds is 12. The number of anilines is 2. The fraction of sp³-hybridized carbons (Fsp3) is 0.200. The number of pyridine rings is 2. The van der Waals surface area contributed by atoms with E-state index >= 15 is 0 Å². The third-order valence-corrected chi connectivity index (χ3v) is 16.0. The van der Waals surface area contributed by atoms with Crippen molar-refractivity contribution in [2.45, 2.75) is 24.9 Å². The fourth-order valence-corrected chi connectivity index (χ4v) is 10.9. The lowest BCUT2D eigenvalue weighted by Crippen LogP contribution is -2.47. The fourth-order valence-electron chi connectivity index (χ4n) is 10.4. The first-order chi connectivity index (χ1) is 40.6. The van der Waals surface area contributed by atoms with E-state index in [1.165, 1.54) is 18.3 Å². The Labute approximate surface area is 495 Å². The first kappa shape index (κ1) is 57.8. The van der Waals surface area contributed by atoms with Crippen LogP contribution in [0.1, 0.15) is 75.0 Å². The van der Waals surface area contributed by atoms with Gasteiger partial charge in [0, 0.05) is 126 Å². The maximum Gasteiger partial charge on any atom is 0.335 e. The van der Waals surface area contributed by atoms with Crippen molar-refractivity contribution in [2.75, 3.05) is 70.9 Å². The number of hydrogen-bond acceptors (Lipinski definition) is 11. The second kappa shape index (κ2) is 25.8. The van der Waals surface area contributed by atoms with Crippen molar-refractivity contribution in [3.05, 3.63) is 214 Å². The first-order valence-electron chi connectivity index (χ1n) is 27.4. The predicted molar refractivity (Wildman–Crippen MR) is 326 cm³/mol. The SMILES string of the molecule is CN1CCN(C(=O)c2ccc(-c3cnc(N)c(C(=O)N[C@@H]4CCN(C(=O)c5ccc(-c6ccccc6Cl)cc5)C4)c3)cc2)CC1.Nc1ncc(-c2ccc(C(=O)O)cc2)cc1C(=O)N[C@@H]1CCN(C(=O)c2ccc(-c3ccccc3Cl)cc2)C1. The van der Waals surface area contributed by atoms with Gasteiger partial charge in [0.1, 0.15) is 11.6 Å². The summed E-state index contributed by atoms with van der Waals surface area (Å²) in [5, 5.41) is 16.4. The Morgan fingerprint density at radius 1 is 0.464 bits per heavy atom. The van der Waals surface area contributed by atoms with Crippen LogP contribution in [-0.4, -0.2) is 142 Å². The smallest absolute Gasteiger partial charge is 0.335 e. The summed E-state index contributed by atoms with van der Waals surface area (Å²) in [4.78, 5) is 92.7. The molecule has 2 atom stereocenters. The number of aromatic nitrogens is 2. The number of hydrogen-bond donors (Lipinski definition) is 5. The maximum absolute atomic E-state index is 13.3. The summed E-state index contributed by atoms with van der Waals surface area (Å²) in [6.07, 6.45) is 4.40. The maximum atomic E-state index is 13.3. The molecule has 0 radical (unpaired) electrons. The zero-order valence-corrected chi connectivity index (χ0v) is 47.4. The molecule has 8 aromatic rings. The summed E-state index contributed by atoms with van der Waals surface area (Å²) in [6, 6.07) is 46.4. The van der Waals surface area contributed by atoms with E-state index in [2.05, 4.69) is 32.5 Å². The van der Waals surface area contributed by atoms with Crippen molar-refractivity contribution in [3.63, 3.8) is 0 Å². The molecule has 2 aromatic heterocycles. The quantitative estimate of drug-likeness (QED) is 0.0769. The van der Waals surface area contributed by atoms with Gasteiger partial charge in [0.25, 0.3) is 29.5 Å². The molecule has 3 fully saturated rings. The number of likely N-dealkylation sites (N-methyl/N-ethyl adjacent to an activating group) is 1. The monoisotopic (exact) mass is 1160 g/mol. The molecule has 5 heterocycles. The minimum absolute atomic E-state index is 0.0170. The van der Waals surface area contributed by atoms with Crippen LogP contribution in [0.4, 0.5) is 11.6 Å². The van der Waals surface area contributed by atoms with E-state index in [9.17, 15) is 28.8 Å². The summed E-state index contributed by atoms with van der Waals surface area (Å²) in [6.45, 7) is 4.96. The van der Waals surface area contributed by atoms with E-state index in [0.29, 0.717) is 90.0 Å². The van der Waals surface area contributed by atoms with Gasteiger partial charge in [-0.05, 0) is 115 Å². The number of nitrogens with zero attached hydrogens (tertiary/aromatic N) is 6. The average molecular weight is 1160 g/mol. The lowest BCUT2D eigenvalue weighted by molar-refractivity contribution is 0.0661. The third-order valence-electron chi connectivity index (χ3n) is 15.3. The number of carboxylic acids is 1. The van der Waals surface area contributed by atoms with E-state index in [1.54, 1.807) is 76.7 Å². The Hall–Kier alpha value is -9.42. The van der Waals surface area contributed by atoms with Crippen LogP contribution in [0, 0.1) is 0 Å². The van der Waals surface area contributed by atoms with Crippen LogP contribution < -0.4 is 22.1 Å². The standard InChI is InChI=1S/C35H35ClN6O3.C30H25ClN4O4/c1-40-16-18-41(19-17-40)34(44)25-10-6-23(7-11-25)27-20-30(32(37)38-21-27)33(43)39-28-14-15-42(22-28)35(45)26-12-8-24(9-13-26)29-4-2-3-5-31(29)36;31-26-4-2-1-3-24(26)19-7-9-20(10-8-19)29(37)35-14-13-23(17-35)34-28(36)25-15-22(16-33-27(25)32)18-5-11-21(12-6-18)30(38)39/h2-13,20-21,28H,14-19,22H2,1H3,(H2,37,38)(H,39,43);1-12,15-16,23H,13-14,17H2,(H2,32,33)(H,34,36)(H,38,39)/t28-;23-/m11/s1. The highest BCUT2D eigenvalue weighted by Crippen LogP contribution is 2.31. The third kappa shape index (κ3) is 13.4. The number of halogens is 2. The predicted octanol–water partition coefficient (Wildman–Crippen LogP) is 9.68. The number of benzene rings is 6. The highest BCUT2D eigenvalue weighted by molar-refractivity contribution is 6.33. The van der Waals surface area contributed by atoms with Gasteiger partial charge in [-0.1, -0.05) is 108 Å². The molecule has 7 N–H and O–H groups in total. The average Bonchev–Trinajstić information content (AvgIpc) is 4.35. The molecular formula is C65H60Cl2N10O7. The summed E-state index contributed by atoms with van der Waals surface area (Å²) in [5.41, 5.74) is 21.1. The van der Waals surface area contributed by atoms with E-state index in [0.717, 1.165) is 46.5 Å². The largest absolute Gasteiger partial charge is 0.478 e. The lowest BCUT2D eigenvalue weighted by Gasteiger charge is -2.32. The Morgan fingerprint density at radius 3 is 1.20 bits per heavy atom. The van der Waals surface area contributed by atoms with E-state index in [4.69, 9.17) is 39.8 Å². The second-order valence-corrected chi connectivity index (χ2v) is 21.7. The number of carbonyl (C=O) groups is 6. The lowest BCUT2D eigenvalue weighted by atomic mass is 10.0. The van der Waals surface area contributed by atoms with Gasteiger partial charge in [-0.15, -0.1) is 0 Å². The molecule has 426 valence electrons. The molecule has 0 aliphatic carbocycles. The summed E-state index contributed by atoms with van der Waals surface area (Å²) < 4.78 is 0. The molecule has 3 aliphatic heterocycles. The Morgan fingerprint density at radius 2 is 0.821 bits per heavy atom. The number of aromatic carboxylic acids is 1. The van der Waals surface area contributed by atoms with Crippen molar-refractivity contribution in [3.8, 4) is 44.5 Å². The topological polar surface area (TPSA) is 237 Å². The van der Waals surface area contributed by atoms with Crippen molar-refractivity contribution in [1.29, 1.82) is 0 Å². The van der Waals surface area contributed by atoms with Crippen LogP contribution in [0.15, 0.2) is 170 Å². The van der Waals surface area contributed by atoms with Gasteiger partial charge in [0.15, 0.2) is 0 Å². The molecule has 84 heavy (non-hydrogen) atoms. The summed E-state index contributed by atoms with van der Waals surface area (Å²) in [5.74, 6) is -1.70. The summed E-state index contributed by atoms with van der Waals surface area (Å²) in [7, 11) is 2.06. The zero-order chi connectivity index (χ0) is 59.0. The Kier molecular flexibility index (Phi) is 17.8. The van der Waals surface area contributed by atoms with Crippen molar-refractivity contribution in [1.82, 2.24) is 40.2 Å². The van der Waals surface area contributed by atoms with E-state index < -0.39 is 5.97 Å². The molecule has 0 bridgehead atoms. The number of carbonyl (C=O) groups excluding carboxylic acids is 5. The first-order valence-corrected chi connectivity index (χ1v) is 28.2. The van der Waals surface area contributed by atoms with E-state index in [1.807, 2.05) is 89.8 Å². The highest BCUT2D eigenvalue weighted by Gasteiger charge is 2.31. The molecule has 3 saturated heterocycles. The van der Waals surface area contributed by atoms with Gasteiger partial charge in [-0.25, -0.2) is 14.8 Å². The van der Waals surface area contributed by atoms with Crippen LogP contribution in [0.3, 0.4) is 0 Å². The molecule has 3 aliphatic rings. The van der Waals surface area contributed by atoms with Crippen molar-refractivity contribution < 1.29 is 33.9 Å². The number of carboxylic acid groups (broad SMARTS) is 1.